The molecule has 1 fully saturated rings. The molecule has 7 rings (SSSR count). The van der Waals surface area contributed by atoms with Crippen molar-refractivity contribution in [3.63, 3.8) is 0 Å². The fourth-order valence-corrected chi connectivity index (χ4v) is 6.20. The summed E-state index contributed by atoms with van der Waals surface area (Å²) in [6, 6.07) is 33.7. The van der Waals surface area contributed by atoms with Gasteiger partial charge in [0.05, 0.1) is 14.8 Å². The molecule has 0 aliphatic carbocycles. The van der Waals surface area contributed by atoms with Gasteiger partial charge in [-0.2, -0.15) is 10.5 Å². The van der Waals surface area contributed by atoms with E-state index in [1.165, 1.54) is 87.4 Å². The summed E-state index contributed by atoms with van der Waals surface area (Å²) in [5.41, 5.74) is 3.01. The van der Waals surface area contributed by atoms with E-state index in [0.717, 1.165) is 0 Å². The molecule has 2 unspecified atom stereocenters. The third kappa shape index (κ3) is 4.33. The normalized spacial score (nSPS) is 19.8. The lowest BCUT2D eigenvalue weighted by molar-refractivity contribution is -0.457. The van der Waals surface area contributed by atoms with Crippen molar-refractivity contribution in [2.24, 2.45) is 5.11 Å². The standard InChI is InChI=1S/C33H22N8O7/c42-31-36(25-11-17-28(18-12-25)39(43)44)32(23-7-3-1-4-8-23)33(24-9-5-2-6-10-24,37(31)26-13-19-29(20-14-26)40(45)46)35-38(34-32)27-15-21-30(22-16-27)41(47)48/h1-22H. The summed E-state index contributed by atoms with van der Waals surface area (Å²) < 4.78 is 0. The molecule has 0 saturated carbocycles. The molecule has 48 heavy (non-hydrogen) atoms. The summed E-state index contributed by atoms with van der Waals surface area (Å²) in [6.07, 6.45) is 0. The Morgan fingerprint density at radius 2 is 0.979 bits per heavy atom. The average Bonchev–Trinajstić information content (AvgIpc) is 3.57. The molecule has 0 N–H and O–H groups in total. The predicted molar refractivity (Wildman–Crippen MR) is 172 cm³/mol. The second-order valence-corrected chi connectivity index (χ2v) is 10.8. The van der Waals surface area contributed by atoms with Crippen molar-refractivity contribution in [3.8, 4) is 0 Å². The van der Waals surface area contributed by atoms with E-state index in [1.54, 1.807) is 60.7 Å². The molecule has 0 spiro atoms. The molecule has 0 bridgehead atoms. The lowest BCUT2D eigenvalue weighted by atomic mass is 9.81. The van der Waals surface area contributed by atoms with Gasteiger partial charge in [-0.15, -0.1) is 4.81 Å². The molecule has 2 heterocycles. The number of nitro benzene ring substituents is 3. The van der Waals surface area contributed by atoms with Gasteiger partial charge in [-0.25, -0.2) is 4.79 Å². The van der Waals surface area contributed by atoms with Crippen molar-refractivity contribution < 1.29 is 24.4 Å². The molecule has 15 heteroatoms. The minimum absolute atomic E-state index is 0.149. The van der Waals surface area contributed by atoms with Gasteiger partial charge in [-0.1, -0.05) is 60.7 Å². The minimum atomic E-state index is -1.74. The topological polar surface area (TPSA) is 182 Å². The van der Waals surface area contributed by atoms with Gasteiger partial charge >= 0.3 is 6.03 Å². The van der Waals surface area contributed by atoms with Crippen LogP contribution < -0.4 is 9.80 Å². The zero-order valence-electron chi connectivity index (χ0n) is 24.6. The fraction of sp³-hybridized carbons (Fsp3) is 0.0606. The molecule has 2 aliphatic rings. The van der Waals surface area contributed by atoms with Crippen LogP contribution in [-0.2, 0) is 11.3 Å². The van der Waals surface area contributed by atoms with Gasteiger partial charge in [0, 0.05) is 59.9 Å². The summed E-state index contributed by atoms with van der Waals surface area (Å²) >= 11 is 0. The van der Waals surface area contributed by atoms with Crippen LogP contribution in [0.4, 0.5) is 38.9 Å². The fourth-order valence-electron chi connectivity index (χ4n) is 6.20. The molecule has 236 valence electrons. The number of rotatable bonds is 8. The van der Waals surface area contributed by atoms with Crippen LogP contribution in [0.1, 0.15) is 11.1 Å². The molecule has 2 aliphatic heterocycles. The highest BCUT2D eigenvalue weighted by Gasteiger charge is 2.72. The highest BCUT2D eigenvalue weighted by molar-refractivity contribution is 6.10. The van der Waals surface area contributed by atoms with Crippen LogP contribution in [-0.4, -0.2) is 25.6 Å². The highest BCUT2D eigenvalue weighted by Crippen LogP contribution is 2.64. The zero-order chi connectivity index (χ0) is 33.6. The van der Waals surface area contributed by atoms with Gasteiger partial charge < -0.3 is 0 Å². The largest absolute Gasteiger partial charge is 0.330 e. The summed E-state index contributed by atoms with van der Waals surface area (Å²) in [6.45, 7) is 0. The first-order chi connectivity index (χ1) is 23.2. The third-order valence-corrected chi connectivity index (χ3v) is 8.28. The maximum Gasteiger partial charge on any atom is 0.330 e. The van der Waals surface area contributed by atoms with Crippen LogP contribution in [0, 0.1) is 30.3 Å². The number of anilines is 2. The summed E-state index contributed by atoms with van der Waals surface area (Å²) in [5.74, 6) is 0. The van der Waals surface area contributed by atoms with Crippen LogP contribution in [0.25, 0.3) is 5.43 Å². The number of carbonyl (C=O) groups is 1. The summed E-state index contributed by atoms with van der Waals surface area (Å²) in [4.78, 5) is 52.1. The lowest BCUT2D eigenvalue weighted by Crippen LogP contribution is -2.53. The van der Waals surface area contributed by atoms with E-state index in [1.807, 2.05) is 0 Å². The number of non-ortho nitro benzene ring substituents is 3. The van der Waals surface area contributed by atoms with Crippen LogP contribution in [0.2, 0.25) is 0 Å². The van der Waals surface area contributed by atoms with Crippen LogP contribution >= 0.6 is 0 Å². The first kappa shape index (κ1) is 29.7. The van der Waals surface area contributed by atoms with Crippen LogP contribution in [0.15, 0.2) is 139 Å². The van der Waals surface area contributed by atoms with E-state index >= 15 is 4.79 Å². The number of nitrogens with zero attached hydrogens (tertiary/aromatic N) is 8. The van der Waals surface area contributed by atoms with Crippen LogP contribution in [0.3, 0.4) is 0 Å². The maximum atomic E-state index is 15.0. The Hall–Kier alpha value is -7.03. The van der Waals surface area contributed by atoms with Gasteiger partial charge in [0.1, 0.15) is 0 Å². The second-order valence-electron chi connectivity index (χ2n) is 10.8. The minimum Gasteiger partial charge on any atom is -0.276 e. The van der Waals surface area contributed by atoms with Crippen molar-refractivity contribution in [2.75, 3.05) is 9.80 Å². The van der Waals surface area contributed by atoms with Crippen molar-refractivity contribution in [3.05, 3.63) is 180 Å². The number of urea groups is 1. The molecule has 2 amide bonds. The van der Waals surface area contributed by atoms with E-state index in [-0.39, 0.29) is 28.4 Å². The first-order valence-electron chi connectivity index (χ1n) is 14.4. The second kappa shape index (κ2) is 11.1. The monoisotopic (exact) mass is 642 g/mol. The molecule has 0 radical (unpaired) electrons. The number of hydrogen-bond donors (Lipinski definition) is 0. The van der Waals surface area contributed by atoms with E-state index in [4.69, 9.17) is 10.5 Å². The summed E-state index contributed by atoms with van der Waals surface area (Å²) in [5, 5.41) is 39.7. The lowest BCUT2D eigenvalue weighted by Gasteiger charge is -2.45. The molecule has 5 aromatic rings. The van der Waals surface area contributed by atoms with Crippen molar-refractivity contribution >= 4 is 40.2 Å². The highest BCUT2D eigenvalue weighted by atomic mass is 16.6. The predicted octanol–water partition coefficient (Wildman–Crippen LogP) is 7.66. The van der Waals surface area contributed by atoms with Gasteiger partial charge in [-0.05, 0) is 35.4 Å². The van der Waals surface area contributed by atoms with E-state index in [9.17, 15) is 30.3 Å². The number of nitro groups is 3. The average molecular weight is 643 g/mol. The number of hydrogen-bond acceptors (Lipinski definition) is 8. The number of azo groups is 1. The molecule has 5 aromatic carbocycles. The Balaban J connectivity index is 1.58. The Morgan fingerprint density at radius 3 is 1.44 bits per heavy atom. The number of amides is 2. The Labute approximate surface area is 271 Å². The first-order valence-corrected chi connectivity index (χ1v) is 14.4. The molecule has 2 atom stereocenters. The molecule has 15 nitrogen and oxygen atoms in total. The SMILES string of the molecule is O=C1N(c2ccc([N+](=O)[O-])cc2)C2(c3ccccc3)N=[N+](c3ccc([N+](=O)[O-])cc3)[N-]C2(c2ccccc2)N1c1ccc([N+](=O)[O-])cc1. The van der Waals surface area contributed by atoms with Gasteiger partial charge in [0.15, 0.2) is 11.3 Å². The van der Waals surface area contributed by atoms with Gasteiger partial charge in [-0.3, -0.25) is 40.1 Å². The van der Waals surface area contributed by atoms with Crippen molar-refractivity contribution in [1.29, 1.82) is 0 Å². The molecular formula is C33H22N8O7. The van der Waals surface area contributed by atoms with E-state index < -0.39 is 32.1 Å². The van der Waals surface area contributed by atoms with Gasteiger partial charge in [0.25, 0.3) is 17.1 Å². The maximum absolute atomic E-state index is 15.0. The van der Waals surface area contributed by atoms with Crippen molar-refractivity contribution in [1.82, 2.24) is 0 Å². The Kier molecular flexibility index (Phi) is 6.86. The quantitative estimate of drug-likeness (QED) is 0.0945. The summed E-state index contributed by atoms with van der Waals surface area (Å²) in [7, 11) is 0. The number of carbonyl (C=O) groups excluding carboxylic acids is 1. The molecule has 0 aromatic heterocycles. The smallest absolute Gasteiger partial charge is 0.276 e. The zero-order valence-corrected chi connectivity index (χ0v) is 24.6. The van der Waals surface area contributed by atoms with Crippen LogP contribution in [0.5, 0.6) is 0 Å². The molecular weight excluding hydrogens is 620 g/mol. The van der Waals surface area contributed by atoms with Crippen molar-refractivity contribution in [2.45, 2.75) is 11.3 Å². The number of benzene rings is 5. The third-order valence-electron chi connectivity index (χ3n) is 8.28. The van der Waals surface area contributed by atoms with E-state index in [0.29, 0.717) is 16.8 Å². The van der Waals surface area contributed by atoms with Gasteiger partial charge in [0.2, 0.25) is 5.69 Å². The Bertz CT molecular complexity index is 2110. The van der Waals surface area contributed by atoms with E-state index in [2.05, 4.69) is 0 Å². The Morgan fingerprint density at radius 1 is 0.562 bits per heavy atom. The molecule has 1 saturated heterocycles. The number of fused-ring (bicyclic) bond motifs is 1.